The number of hydrogen-bond acceptors (Lipinski definition) is 3. The predicted octanol–water partition coefficient (Wildman–Crippen LogP) is 4.51. The monoisotopic (exact) mass is 369 g/mol. The summed E-state index contributed by atoms with van der Waals surface area (Å²) in [7, 11) is -3.72. The molecule has 0 amide bonds. The lowest BCUT2D eigenvalue weighted by Gasteiger charge is -2.14. The molecule has 4 nitrogen and oxygen atoms in total. The van der Waals surface area contributed by atoms with Crippen LogP contribution in [-0.4, -0.2) is 18.7 Å². The third-order valence-corrected chi connectivity index (χ3v) is 6.27. The van der Waals surface area contributed by atoms with E-state index in [9.17, 15) is 13.2 Å². The molecular formula is C21H23NO3S. The third kappa shape index (κ3) is 3.07. The van der Waals surface area contributed by atoms with Crippen LogP contribution >= 0.6 is 0 Å². The number of carbonyl (C=O) groups excluding carboxylic acids is 1. The number of nitrogens with zero attached hydrogens (tertiary/aromatic N) is 1. The van der Waals surface area contributed by atoms with Crippen LogP contribution in [0.3, 0.4) is 0 Å². The normalized spacial score (nSPS) is 12.0. The molecule has 0 bridgehead atoms. The van der Waals surface area contributed by atoms with E-state index in [1.54, 1.807) is 36.5 Å². The van der Waals surface area contributed by atoms with Crippen LogP contribution in [0.4, 0.5) is 0 Å². The van der Waals surface area contributed by atoms with Gasteiger partial charge < -0.3 is 0 Å². The highest BCUT2D eigenvalue weighted by molar-refractivity contribution is 7.90. The standard InChI is InChI=1S/C21H23NO3S/c1-14(2)11-17-12-16(4)21-19(20(17)13-23)9-10-22(21)26(24,25)18-7-5-15(3)6-8-18/h5-10,12-14H,11H2,1-4H3. The molecule has 0 aliphatic rings. The molecule has 0 saturated carbocycles. The number of hydrogen-bond donors (Lipinski definition) is 0. The first-order chi connectivity index (χ1) is 12.3. The fraction of sp³-hybridized carbons (Fsp3) is 0.286. The average Bonchev–Trinajstić information content (AvgIpc) is 3.01. The maximum absolute atomic E-state index is 13.1. The van der Waals surface area contributed by atoms with Crippen LogP contribution in [-0.2, 0) is 16.4 Å². The minimum atomic E-state index is -3.72. The summed E-state index contributed by atoms with van der Waals surface area (Å²) in [5.41, 5.74) is 3.96. The Morgan fingerprint density at radius 1 is 1.08 bits per heavy atom. The molecule has 136 valence electrons. The lowest BCUT2D eigenvalue weighted by molar-refractivity contribution is 0.112. The van der Waals surface area contributed by atoms with Crippen molar-refractivity contribution < 1.29 is 13.2 Å². The topological polar surface area (TPSA) is 56.1 Å². The van der Waals surface area contributed by atoms with E-state index in [4.69, 9.17) is 0 Å². The van der Waals surface area contributed by atoms with E-state index >= 15 is 0 Å². The predicted molar refractivity (Wildman–Crippen MR) is 104 cm³/mol. The number of benzene rings is 2. The van der Waals surface area contributed by atoms with Gasteiger partial charge in [-0.1, -0.05) is 37.6 Å². The second-order valence-corrected chi connectivity index (χ2v) is 8.99. The Balaban J connectivity index is 2.26. The van der Waals surface area contributed by atoms with E-state index in [1.165, 1.54) is 3.97 Å². The number of fused-ring (bicyclic) bond motifs is 1. The lowest BCUT2D eigenvalue weighted by atomic mass is 9.94. The van der Waals surface area contributed by atoms with Crippen molar-refractivity contribution >= 4 is 27.2 Å². The number of aldehydes is 1. The highest BCUT2D eigenvalue weighted by Crippen LogP contribution is 2.30. The molecule has 2 aromatic carbocycles. The lowest BCUT2D eigenvalue weighted by Crippen LogP contribution is -2.13. The van der Waals surface area contributed by atoms with E-state index < -0.39 is 10.0 Å². The van der Waals surface area contributed by atoms with E-state index in [0.29, 0.717) is 22.4 Å². The minimum Gasteiger partial charge on any atom is -0.298 e. The summed E-state index contributed by atoms with van der Waals surface area (Å²) in [4.78, 5) is 12.0. The Morgan fingerprint density at radius 3 is 2.31 bits per heavy atom. The second-order valence-electron chi connectivity index (χ2n) is 7.17. The Bertz CT molecular complexity index is 1070. The van der Waals surface area contributed by atoms with Crippen molar-refractivity contribution in [1.29, 1.82) is 0 Å². The zero-order chi connectivity index (χ0) is 19.1. The number of carbonyl (C=O) groups is 1. The quantitative estimate of drug-likeness (QED) is 0.622. The third-order valence-electron chi connectivity index (χ3n) is 4.58. The summed E-state index contributed by atoms with van der Waals surface area (Å²) in [6, 6.07) is 10.4. The summed E-state index contributed by atoms with van der Waals surface area (Å²) in [5.74, 6) is 0.406. The van der Waals surface area contributed by atoms with Crippen LogP contribution < -0.4 is 0 Å². The van der Waals surface area contributed by atoms with Gasteiger partial charge in [-0.15, -0.1) is 0 Å². The first-order valence-corrected chi connectivity index (χ1v) is 10.1. The Labute approximate surface area is 154 Å². The van der Waals surface area contributed by atoms with Crippen molar-refractivity contribution in [1.82, 2.24) is 3.97 Å². The van der Waals surface area contributed by atoms with Crippen molar-refractivity contribution in [3.05, 3.63) is 64.8 Å². The van der Waals surface area contributed by atoms with Crippen molar-refractivity contribution in [3.63, 3.8) is 0 Å². The number of aromatic nitrogens is 1. The molecule has 1 aromatic heterocycles. The molecule has 0 spiro atoms. The van der Waals surface area contributed by atoms with Gasteiger partial charge in [-0.3, -0.25) is 4.79 Å². The number of aryl methyl sites for hydroxylation is 2. The van der Waals surface area contributed by atoms with Crippen LogP contribution in [0, 0.1) is 19.8 Å². The largest absolute Gasteiger partial charge is 0.298 e. The Morgan fingerprint density at radius 2 is 1.73 bits per heavy atom. The smallest absolute Gasteiger partial charge is 0.268 e. The molecule has 0 aliphatic heterocycles. The van der Waals surface area contributed by atoms with E-state index in [-0.39, 0.29) is 4.90 Å². The van der Waals surface area contributed by atoms with E-state index in [1.807, 2.05) is 19.9 Å². The fourth-order valence-electron chi connectivity index (χ4n) is 3.37. The van der Waals surface area contributed by atoms with Crippen molar-refractivity contribution in [2.24, 2.45) is 5.92 Å². The van der Waals surface area contributed by atoms with Gasteiger partial charge in [-0.2, -0.15) is 0 Å². The van der Waals surface area contributed by atoms with Crippen LogP contribution in [0.15, 0.2) is 47.5 Å². The molecule has 0 saturated heterocycles. The van der Waals surface area contributed by atoms with Crippen molar-refractivity contribution in [2.45, 2.75) is 39.0 Å². The number of rotatable bonds is 5. The molecule has 3 aromatic rings. The maximum atomic E-state index is 13.1. The summed E-state index contributed by atoms with van der Waals surface area (Å²) in [6.45, 7) is 8.00. The average molecular weight is 369 g/mol. The van der Waals surface area contributed by atoms with Crippen LogP contribution in [0.1, 0.15) is 40.9 Å². The van der Waals surface area contributed by atoms with Gasteiger partial charge in [0.15, 0.2) is 6.29 Å². The maximum Gasteiger partial charge on any atom is 0.268 e. The highest BCUT2D eigenvalue weighted by Gasteiger charge is 2.22. The van der Waals surface area contributed by atoms with Gasteiger partial charge in [0.25, 0.3) is 10.0 Å². The van der Waals surface area contributed by atoms with Gasteiger partial charge in [-0.05, 0) is 55.5 Å². The zero-order valence-corrected chi connectivity index (χ0v) is 16.3. The molecular weight excluding hydrogens is 346 g/mol. The second kappa shape index (κ2) is 6.72. The minimum absolute atomic E-state index is 0.235. The van der Waals surface area contributed by atoms with Crippen molar-refractivity contribution in [2.75, 3.05) is 0 Å². The molecule has 26 heavy (non-hydrogen) atoms. The first-order valence-electron chi connectivity index (χ1n) is 8.66. The molecule has 0 unspecified atom stereocenters. The van der Waals surface area contributed by atoms with Crippen LogP contribution in [0.25, 0.3) is 10.9 Å². The Hall–Kier alpha value is -2.40. The Kier molecular flexibility index (Phi) is 4.76. The first kappa shape index (κ1) is 18.4. The van der Waals surface area contributed by atoms with E-state index in [2.05, 4.69) is 13.8 Å². The van der Waals surface area contributed by atoms with Gasteiger partial charge >= 0.3 is 0 Å². The summed E-state index contributed by atoms with van der Waals surface area (Å²) in [5, 5.41) is 0.686. The van der Waals surface area contributed by atoms with Crippen molar-refractivity contribution in [3.8, 4) is 0 Å². The van der Waals surface area contributed by atoms with Crippen LogP contribution in [0.5, 0.6) is 0 Å². The summed E-state index contributed by atoms with van der Waals surface area (Å²) >= 11 is 0. The molecule has 1 heterocycles. The molecule has 3 rings (SSSR count). The van der Waals surface area contributed by atoms with E-state index in [0.717, 1.165) is 29.4 Å². The molecule has 0 N–H and O–H groups in total. The van der Waals surface area contributed by atoms with Gasteiger partial charge in [0.2, 0.25) is 0 Å². The van der Waals surface area contributed by atoms with Gasteiger partial charge in [0, 0.05) is 17.1 Å². The van der Waals surface area contributed by atoms with Crippen LogP contribution in [0.2, 0.25) is 0 Å². The van der Waals surface area contributed by atoms with Gasteiger partial charge in [0.1, 0.15) is 0 Å². The molecule has 0 radical (unpaired) electrons. The van der Waals surface area contributed by atoms with Gasteiger partial charge in [-0.25, -0.2) is 12.4 Å². The zero-order valence-electron chi connectivity index (χ0n) is 15.5. The molecule has 0 fully saturated rings. The SMILES string of the molecule is Cc1ccc(S(=O)(=O)n2ccc3c(C=O)c(CC(C)C)cc(C)c32)cc1. The molecule has 0 atom stereocenters. The fourth-order valence-corrected chi connectivity index (χ4v) is 4.78. The summed E-state index contributed by atoms with van der Waals surface area (Å²) < 4.78 is 27.5. The van der Waals surface area contributed by atoms with Gasteiger partial charge in [0.05, 0.1) is 10.4 Å². The summed E-state index contributed by atoms with van der Waals surface area (Å²) in [6.07, 6.45) is 3.15. The highest BCUT2D eigenvalue weighted by atomic mass is 32.2. The molecule has 0 aliphatic carbocycles. The molecule has 5 heteroatoms.